The van der Waals surface area contributed by atoms with Gasteiger partial charge in [-0.25, -0.2) is 9.78 Å². The molecule has 0 atom stereocenters. The quantitative estimate of drug-likeness (QED) is 0.830. The first-order valence-electron chi connectivity index (χ1n) is 7.14. The number of carbonyl (C=O) groups is 1. The Kier molecular flexibility index (Phi) is 4.98. The van der Waals surface area contributed by atoms with Crippen molar-refractivity contribution in [3.8, 4) is 0 Å². The molecule has 0 aliphatic carbocycles. The highest BCUT2D eigenvalue weighted by atomic mass is 16.2. The van der Waals surface area contributed by atoms with E-state index < -0.39 is 0 Å². The van der Waals surface area contributed by atoms with Crippen LogP contribution in [0.15, 0.2) is 30.9 Å². The molecule has 5 nitrogen and oxygen atoms in total. The lowest BCUT2D eigenvalue weighted by atomic mass is 10.1. The molecular weight excluding hydrogens is 264 g/mol. The average Bonchev–Trinajstić information content (AvgIpc) is 2.92. The third kappa shape index (κ3) is 4.34. The number of carbonyl (C=O) groups excluding carboxylic acids is 1. The van der Waals surface area contributed by atoms with Gasteiger partial charge in [-0.05, 0) is 38.3 Å². The molecule has 0 aliphatic heterocycles. The number of urea groups is 1. The second-order valence-corrected chi connectivity index (χ2v) is 5.31. The molecule has 2 rings (SSSR count). The SMILES string of the molecule is Cc1cc(C)c(NC(=O)NCCCn2ccnc2)c(C)c1. The molecule has 1 heterocycles. The summed E-state index contributed by atoms with van der Waals surface area (Å²) in [5.74, 6) is 0. The summed E-state index contributed by atoms with van der Waals surface area (Å²) in [6, 6.07) is 3.99. The third-order valence-corrected chi connectivity index (χ3v) is 3.35. The molecular formula is C16H22N4O. The maximum absolute atomic E-state index is 11.9. The summed E-state index contributed by atoms with van der Waals surface area (Å²) >= 11 is 0. The van der Waals surface area contributed by atoms with Crippen LogP contribution in [0.2, 0.25) is 0 Å². The maximum Gasteiger partial charge on any atom is 0.319 e. The fraction of sp³-hybridized carbons (Fsp3) is 0.375. The van der Waals surface area contributed by atoms with Gasteiger partial charge in [0.05, 0.1) is 6.33 Å². The molecule has 0 saturated carbocycles. The number of anilines is 1. The minimum atomic E-state index is -0.157. The monoisotopic (exact) mass is 286 g/mol. The van der Waals surface area contributed by atoms with Gasteiger partial charge < -0.3 is 15.2 Å². The molecule has 21 heavy (non-hydrogen) atoms. The molecule has 0 saturated heterocycles. The van der Waals surface area contributed by atoms with E-state index in [4.69, 9.17) is 0 Å². The zero-order valence-corrected chi connectivity index (χ0v) is 12.8. The van der Waals surface area contributed by atoms with Crippen LogP contribution in [0.25, 0.3) is 0 Å². The van der Waals surface area contributed by atoms with Crippen LogP contribution in [0.5, 0.6) is 0 Å². The Balaban J connectivity index is 1.79. The lowest BCUT2D eigenvalue weighted by Gasteiger charge is -2.13. The zero-order chi connectivity index (χ0) is 15.2. The molecule has 0 radical (unpaired) electrons. The van der Waals surface area contributed by atoms with Gasteiger partial charge >= 0.3 is 6.03 Å². The van der Waals surface area contributed by atoms with Crippen LogP contribution in [-0.4, -0.2) is 22.1 Å². The van der Waals surface area contributed by atoms with Crippen LogP contribution in [-0.2, 0) is 6.54 Å². The Morgan fingerprint density at radius 1 is 1.24 bits per heavy atom. The van der Waals surface area contributed by atoms with E-state index in [1.54, 1.807) is 12.5 Å². The number of nitrogens with one attached hydrogen (secondary N) is 2. The van der Waals surface area contributed by atoms with Crippen molar-refractivity contribution in [3.05, 3.63) is 47.5 Å². The van der Waals surface area contributed by atoms with Gasteiger partial charge in [0.1, 0.15) is 0 Å². The van der Waals surface area contributed by atoms with Gasteiger partial charge in [-0.15, -0.1) is 0 Å². The van der Waals surface area contributed by atoms with E-state index in [1.807, 2.05) is 24.6 Å². The molecule has 5 heteroatoms. The molecule has 2 amide bonds. The van der Waals surface area contributed by atoms with Gasteiger partial charge in [0.15, 0.2) is 0 Å². The van der Waals surface area contributed by atoms with Gasteiger partial charge in [-0.2, -0.15) is 0 Å². The van der Waals surface area contributed by atoms with Crippen LogP contribution in [0.1, 0.15) is 23.1 Å². The highest BCUT2D eigenvalue weighted by molar-refractivity contribution is 5.91. The van der Waals surface area contributed by atoms with Crippen molar-refractivity contribution in [2.24, 2.45) is 0 Å². The Bertz CT molecular complexity index is 582. The molecule has 0 unspecified atom stereocenters. The first-order chi connectivity index (χ1) is 10.1. The maximum atomic E-state index is 11.9. The Labute approximate surface area is 125 Å². The summed E-state index contributed by atoms with van der Waals surface area (Å²) in [6.45, 7) is 7.56. The molecule has 1 aromatic carbocycles. The summed E-state index contributed by atoms with van der Waals surface area (Å²) < 4.78 is 1.99. The summed E-state index contributed by atoms with van der Waals surface area (Å²) in [5.41, 5.74) is 4.27. The fourth-order valence-electron chi connectivity index (χ4n) is 2.42. The highest BCUT2D eigenvalue weighted by Crippen LogP contribution is 2.21. The number of aryl methyl sites for hydroxylation is 4. The van der Waals surface area contributed by atoms with E-state index >= 15 is 0 Å². The van der Waals surface area contributed by atoms with Crippen molar-refractivity contribution < 1.29 is 4.79 Å². The van der Waals surface area contributed by atoms with Gasteiger partial charge in [0.2, 0.25) is 0 Å². The summed E-state index contributed by atoms with van der Waals surface area (Å²) in [5, 5.41) is 5.81. The Morgan fingerprint density at radius 2 is 1.95 bits per heavy atom. The molecule has 0 spiro atoms. The summed E-state index contributed by atoms with van der Waals surface area (Å²) in [7, 11) is 0. The third-order valence-electron chi connectivity index (χ3n) is 3.35. The molecule has 2 N–H and O–H groups in total. The van der Waals surface area contributed by atoms with E-state index in [2.05, 4.69) is 34.7 Å². The topological polar surface area (TPSA) is 59.0 Å². The van der Waals surface area contributed by atoms with Gasteiger partial charge in [-0.3, -0.25) is 0 Å². The number of nitrogens with zero attached hydrogens (tertiary/aromatic N) is 2. The Morgan fingerprint density at radius 3 is 2.57 bits per heavy atom. The number of aromatic nitrogens is 2. The van der Waals surface area contributed by atoms with Crippen molar-refractivity contribution in [2.75, 3.05) is 11.9 Å². The van der Waals surface area contributed by atoms with Crippen LogP contribution in [0.3, 0.4) is 0 Å². The number of hydrogen-bond donors (Lipinski definition) is 2. The van der Waals surface area contributed by atoms with Gasteiger partial charge in [0, 0.05) is 31.2 Å². The van der Waals surface area contributed by atoms with Gasteiger partial charge in [-0.1, -0.05) is 17.7 Å². The normalized spacial score (nSPS) is 10.4. The minimum Gasteiger partial charge on any atom is -0.338 e. The van der Waals surface area contributed by atoms with Gasteiger partial charge in [0.25, 0.3) is 0 Å². The molecule has 112 valence electrons. The number of benzene rings is 1. The first kappa shape index (κ1) is 15.1. The lowest BCUT2D eigenvalue weighted by molar-refractivity contribution is 0.251. The number of amides is 2. The predicted octanol–water partition coefficient (Wildman–Crippen LogP) is 3.02. The average molecular weight is 286 g/mol. The first-order valence-corrected chi connectivity index (χ1v) is 7.14. The largest absolute Gasteiger partial charge is 0.338 e. The number of hydrogen-bond acceptors (Lipinski definition) is 2. The molecule has 0 fully saturated rings. The predicted molar refractivity (Wildman–Crippen MR) is 84.5 cm³/mol. The van der Waals surface area contributed by atoms with Crippen LogP contribution in [0.4, 0.5) is 10.5 Å². The molecule has 2 aromatic rings. The Hall–Kier alpha value is -2.30. The van der Waals surface area contributed by atoms with Crippen LogP contribution < -0.4 is 10.6 Å². The van der Waals surface area contributed by atoms with Crippen molar-refractivity contribution in [3.63, 3.8) is 0 Å². The van der Waals surface area contributed by atoms with Crippen molar-refractivity contribution >= 4 is 11.7 Å². The van der Waals surface area contributed by atoms with E-state index in [0.717, 1.165) is 29.8 Å². The second-order valence-electron chi connectivity index (χ2n) is 5.31. The van der Waals surface area contributed by atoms with Crippen molar-refractivity contribution in [1.82, 2.24) is 14.9 Å². The van der Waals surface area contributed by atoms with Crippen LogP contribution in [0, 0.1) is 20.8 Å². The number of rotatable bonds is 5. The second kappa shape index (κ2) is 6.92. The fourth-order valence-corrected chi connectivity index (χ4v) is 2.42. The number of imidazole rings is 1. The smallest absolute Gasteiger partial charge is 0.319 e. The summed E-state index contributed by atoms with van der Waals surface area (Å²) in [4.78, 5) is 15.9. The van der Waals surface area contributed by atoms with E-state index in [0.29, 0.717) is 6.54 Å². The summed E-state index contributed by atoms with van der Waals surface area (Å²) in [6.07, 6.45) is 6.32. The minimum absolute atomic E-state index is 0.157. The standard InChI is InChI=1S/C16H22N4O/c1-12-9-13(2)15(14(3)10-12)19-16(21)18-5-4-7-20-8-6-17-11-20/h6,8-11H,4-5,7H2,1-3H3,(H2,18,19,21). The van der Waals surface area contributed by atoms with E-state index in [1.165, 1.54) is 5.56 Å². The van der Waals surface area contributed by atoms with Crippen molar-refractivity contribution in [2.45, 2.75) is 33.7 Å². The van der Waals surface area contributed by atoms with E-state index in [9.17, 15) is 4.79 Å². The lowest BCUT2D eigenvalue weighted by Crippen LogP contribution is -2.30. The molecule has 1 aromatic heterocycles. The zero-order valence-electron chi connectivity index (χ0n) is 12.8. The van der Waals surface area contributed by atoms with Crippen molar-refractivity contribution in [1.29, 1.82) is 0 Å². The van der Waals surface area contributed by atoms with E-state index in [-0.39, 0.29) is 6.03 Å². The highest BCUT2D eigenvalue weighted by Gasteiger charge is 2.07. The molecule has 0 aliphatic rings. The van der Waals surface area contributed by atoms with Crippen LogP contribution >= 0.6 is 0 Å². The molecule has 0 bridgehead atoms.